The van der Waals surface area contributed by atoms with Crippen LogP contribution in [0.5, 0.6) is 0 Å². The molecular formula is C9H13BrN4. The van der Waals surface area contributed by atoms with Crippen LogP contribution in [0.3, 0.4) is 0 Å². The Balaban J connectivity index is 1.88. The second-order valence-electron chi connectivity index (χ2n) is 3.46. The van der Waals surface area contributed by atoms with Crippen LogP contribution >= 0.6 is 15.9 Å². The smallest absolute Gasteiger partial charge is 0.143 e. The van der Waals surface area contributed by atoms with Crippen LogP contribution in [0.2, 0.25) is 0 Å². The number of anilines is 1. The van der Waals surface area contributed by atoms with Crippen LogP contribution in [0.4, 0.5) is 5.82 Å². The van der Waals surface area contributed by atoms with Gasteiger partial charge in [-0.3, -0.25) is 0 Å². The molecule has 0 aliphatic carbocycles. The number of rotatable bonds is 3. The highest BCUT2D eigenvalue weighted by atomic mass is 79.9. The summed E-state index contributed by atoms with van der Waals surface area (Å²) in [7, 11) is 0. The molecule has 1 aliphatic heterocycles. The maximum atomic E-state index is 4.15. The molecule has 0 saturated carbocycles. The van der Waals surface area contributed by atoms with Crippen molar-refractivity contribution in [3.05, 3.63) is 17.0 Å². The zero-order valence-electron chi connectivity index (χ0n) is 7.83. The van der Waals surface area contributed by atoms with Crippen molar-refractivity contribution in [2.24, 2.45) is 5.92 Å². The molecule has 1 atom stereocenters. The molecule has 2 N–H and O–H groups in total. The zero-order chi connectivity index (χ0) is 9.80. The molecule has 1 aromatic rings. The van der Waals surface area contributed by atoms with Crippen LogP contribution < -0.4 is 10.6 Å². The van der Waals surface area contributed by atoms with Gasteiger partial charge in [-0.15, -0.1) is 0 Å². The minimum Gasteiger partial charge on any atom is -0.369 e. The summed E-state index contributed by atoms with van der Waals surface area (Å²) in [4.78, 5) is 8.06. The fourth-order valence-corrected chi connectivity index (χ4v) is 1.93. The average Bonchev–Trinajstić information content (AvgIpc) is 2.69. The van der Waals surface area contributed by atoms with Gasteiger partial charge >= 0.3 is 0 Å². The molecule has 1 aliphatic rings. The van der Waals surface area contributed by atoms with Crippen molar-refractivity contribution in [1.29, 1.82) is 0 Å². The van der Waals surface area contributed by atoms with Crippen molar-refractivity contribution in [2.75, 3.05) is 25.0 Å². The minimum absolute atomic E-state index is 0.719. The molecule has 0 bridgehead atoms. The van der Waals surface area contributed by atoms with E-state index < -0.39 is 0 Å². The van der Waals surface area contributed by atoms with Crippen molar-refractivity contribution >= 4 is 21.7 Å². The fourth-order valence-electron chi connectivity index (χ4n) is 1.57. The van der Waals surface area contributed by atoms with Gasteiger partial charge in [-0.2, -0.15) is 0 Å². The van der Waals surface area contributed by atoms with Crippen LogP contribution in [0.25, 0.3) is 0 Å². The molecule has 0 radical (unpaired) electrons. The van der Waals surface area contributed by atoms with Crippen molar-refractivity contribution in [3.8, 4) is 0 Å². The number of hydrogen-bond acceptors (Lipinski definition) is 4. The third-order valence-electron chi connectivity index (χ3n) is 2.39. The van der Waals surface area contributed by atoms with Crippen LogP contribution in [0.1, 0.15) is 6.42 Å². The Labute approximate surface area is 91.7 Å². The van der Waals surface area contributed by atoms with Gasteiger partial charge in [-0.1, -0.05) is 0 Å². The quantitative estimate of drug-likeness (QED) is 0.855. The molecule has 2 heterocycles. The van der Waals surface area contributed by atoms with Crippen LogP contribution in [-0.4, -0.2) is 29.6 Å². The zero-order valence-corrected chi connectivity index (χ0v) is 9.42. The summed E-state index contributed by atoms with van der Waals surface area (Å²) in [5, 5.41) is 6.66. The van der Waals surface area contributed by atoms with Crippen LogP contribution in [0.15, 0.2) is 17.0 Å². The predicted octanol–water partition coefficient (Wildman–Crippen LogP) is 1.26. The van der Waals surface area contributed by atoms with Gasteiger partial charge in [0.1, 0.15) is 12.1 Å². The van der Waals surface area contributed by atoms with Crippen LogP contribution in [0, 0.1) is 5.92 Å². The van der Waals surface area contributed by atoms with Crippen molar-refractivity contribution < 1.29 is 0 Å². The van der Waals surface area contributed by atoms with Crippen molar-refractivity contribution in [1.82, 2.24) is 15.3 Å². The summed E-state index contributed by atoms with van der Waals surface area (Å²) in [6.07, 6.45) is 4.55. The number of nitrogens with one attached hydrogen (secondary N) is 2. The maximum Gasteiger partial charge on any atom is 0.143 e. The lowest BCUT2D eigenvalue weighted by Gasteiger charge is -2.10. The van der Waals surface area contributed by atoms with E-state index in [9.17, 15) is 0 Å². The minimum atomic E-state index is 0.719. The molecule has 0 aromatic carbocycles. The SMILES string of the molecule is Brc1cncnc1NCC1CCNC1. The number of hydrogen-bond donors (Lipinski definition) is 2. The van der Waals surface area contributed by atoms with E-state index in [1.807, 2.05) is 0 Å². The molecule has 1 aromatic heterocycles. The van der Waals surface area contributed by atoms with Gasteiger partial charge in [-0.05, 0) is 41.4 Å². The Morgan fingerprint density at radius 3 is 3.29 bits per heavy atom. The first-order valence-corrected chi connectivity index (χ1v) is 5.55. The van der Waals surface area contributed by atoms with Gasteiger partial charge in [0.2, 0.25) is 0 Å². The van der Waals surface area contributed by atoms with E-state index in [-0.39, 0.29) is 0 Å². The second kappa shape index (κ2) is 4.70. The summed E-state index contributed by atoms with van der Waals surface area (Å²) in [5.74, 6) is 1.60. The highest BCUT2D eigenvalue weighted by Crippen LogP contribution is 2.18. The first kappa shape index (κ1) is 9.86. The molecule has 0 spiro atoms. The molecular weight excluding hydrogens is 244 g/mol. The first-order valence-electron chi connectivity index (χ1n) is 4.76. The average molecular weight is 257 g/mol. The summed E-state index contributed by atoms with van der Waals surface area (Å²) >= 11 is 3.40. The molecule has 14 heavy (non-hydrogen) atoms. The summed E-state index contributed by atoms with van der Waals surface area (Å²) in [5.41, 5.74) is 0. The summed E-state index contributed by atoms with van der Waals surface area (Å²) in [6.45, 7) is 3.22. The lowest BCUT2D eigenvalue weighted by molar-refractivity contribution is 0.614. The van der Waals surface area contributed by atoms with E-state index >= 15 is 0 Å². The first-order chi connectivity index (χ1) is 6.86. The Kier molecular flexibility index (Phi) is 3.31. The van der Waals surface area contributed by atoms with Gasteiger partial charge < -0.3 is 10.6 Å². The van der Waals surface area contributed by atoms with Crippen molar-refractivity contribution in [2.45, 2.75) is 6.42 Å². The largest absolute Gasteiger partial charge is 0.369 e. The third-order valence-corrected chi connectivity index (χ3v) is 2.97. The summed E-state index contributed by atoms with van der Waals surface area (Å²) < 4.78 is 0.922. The number of aromatic nitrogens is 2. The van der Waals surface area contributed by atoms with E-state index in [0.29, 0.717) is 0 Å². The van der Waals surface area contributed by atoms with E-state index in [4.69, 9.17) is 0 Å². The van der Waals surface area contributed by atoms with Gasteiger partial charge in [-0.25, -0.2) is 9.97 Å². The lowest BCUT2D eigenvalue weighted by Crippen LogP contribution is -2.17. The van der Waals surface area contributed by atoms with Gasteiger partial charge in [0, 0.05) is 12.7 Å². The maximum absolute atomic E-state index is 4.15. The van der Waals surface area contributed by atoms with E-state index in [0.717, 1.165) is 35.8 Å². The lowest BCUT2D eigenvalue weighted by atomic mass is 10.1. The fraction of sp³-hybridized carbons (Fsp3) is 0.556. The monoisotopic (exact) mass is 256 g/mol. The molecule has 4 nitrogen and oxygen atoms in total. The van der Waals surface area contributed by atoms with Gasteiger partial charge in [0.15, 0.2) is 0 Å². The Morgan fingerprint density at radius 2 is 2.57 bits per heavy atom. The highest BCUT2D eigenvalue weighted by Gasteiger charge is 2.14. The standard InChI is InChI=1S/C9H13BrN4/c10-8-5-12-6-14-9(8)13-4-7-1-2-11-3-7/h5-7,11H,1-4H2,(H,12,13,14). The molecule has 2 rings (SSSR count). The third kappa shape index (κ3) is 2.42. The molecule has 1 unspecified atom stereocenters. The Morgan fingerprint density at radius 1 is 1.64 bits per heavy atom. The summed E-state index contributed by atoms with van der Waals surface area (Å²) in [6, 6.07) is 0. The number of nitrogens with zero attached hydrogens (tertiary/aromatic N) is 2. The molecule has 1 fully saturated rings. The Hall–Kier alpha value is -0.680. The molecule has 0 amide bonds. The Bertz CT molecular complexity index is 299. The van der Waals surface area contributed by atoms with E-state index in [2.05, 4.69) is 36.5 Å². The molecule has 5 heteroatoms. The van der Waals surface area contributed by atoms with Crippen LogP contribution in [-0.2, 0) is 0 Å². The van der Waals surface area contributed by atoms with E-state index in [1.54, 1.807) is 12.5 Å². The van der Waals surface area contributed by atoms with E-state index in [1.165, 1.54) is 6.42 Å². The highest BCUT2D eigenvalue weighted by molar-refractivity contribution is 9.10. The van der Waals surface area contributed by atoms with Gasteiger partial charge in [0.05, 0.1) is 4.47 Å². The van der Waals surface area contributed by atoms with Crippen molar-refractivity contribution in [3.63, 3.8) is 0 Å². The normalized spacial score (nSPS) is 21.1. The molecule has 1 saturated heterocycles. The number of halogens is 1. The predicted molar refractivity (Wildman–Crippen MR) is 59.2 cm³/mol. The molecule has 76 valence electrons. The second-order valence-corrected chi connectivity index (χ2v) is 4.31. The van der Waals surface area contributed by atoms with Gasteiger partial charge in [0.25, 0.3) is 0 Å². The topological polar surface area (TPSA) is 49.8 Å².